The third-order valence-corrected chi connectivity index (χ3v) is 9.19. The van der Waals surface area contributed by atoms with E-state index in [0.717, 1.165) is 81.7 Å². The Labute approximate surface area is 176 Å². The molecule has 0 aromatic heterocycles. The van der Waals surface area contributed by atoms with Crippen molar-refractivity contribution in [3.8, 4) is 0 Å². The van der Waals surface area contributed by atoms with Gasteiger partial charge in [0.2, 0.25) is 11.8 Å². The normalized spacial score (nSPS) is 37.7. The first-order valence-corrected chi connectivity index (χ1v) is 12.7. The molecule has 0 aromatic rings. The number of amides is 2. The standard InChI is InChI=1S/C25H40N2O2/c28-23(7-6-18-4-2-1-3-5-18)27-10-8-22(9-11-27)26-24(29)25-15-19-12-20(16-25)14-21(13-19)17-25/h18-22H,1-17H2,(H,26,29). The second kappa shape index (κ2) is 8.23. The van der Waals surface area contributed by atoms with E-state index in [1.54, 1.807) is 0 Å². The molecule has 0 aromatic carbocycles. The molecular weight excluding hydrogens is 360 g/mol. The minimum atomic E-state index is -0.0400. The minimum absolute atomic E-state index is 0.0400. The van der Waals surface area contributed by atoms with Crippen molar-refractivity contribution in [3.63, 3.8) is 0 Å². The van der Waals surface area contributed by atoms with Crippen LogP contribution in [0.25, 0.3) is 0 Å². The molecule has 0 unspecified atom stereocenters. The zero-order valence-electron chi connectivity index (χ0n) is 18.2. The van der Waals surface area contributed by atoms with Crippen molar-refractivity contribution in [2.24, 2.45) is 29.1 Å². The number of rotatable bonds is 5. The largest absolute Gasteiger partial charge is 0.353 e. The summed E-state index contributed by atoms with van der Waals surface area (Å²) in [5, 5.41) is 3.44. The predicted molar refractivity (Wildman–Crippen MR) is 114 cm³/mol. The maximum Gasteiger partial charge on any atom is 0.226 e. The van der Waals surface area contributed by atoms with Gasteiger partial charge in [-0.05, 0) is 81.5 Å². The van der Waals surface area contributed by atoms with Gasteiger partial charge in [-0.1, -0.05) is 32.1 Å². The number of hydrogen-bond donors (Lipinski definition) is 1. The molecule has 4 nitrogen and oxygen atoms in total. The van der Waals surface area contributed by atoms with E-state index >= 15 is 0 Å². The van der Waals surface area contributed by atoms with Crippen LogP contribution >= 0.6 is 0 Å². The molecule has 0 radical (unpaired) electrons. The van der Waals surface area contributed by atoms with Gasteiger partial charge in [-0.2, -0.15) is 0 Å². The van der Waals surface area contributed by atoms with Gasteiger partial charge in [0.15, 0.2) is 0 Å². The third-order valence-electron chi connectivity index (χ3n) is 9.19. The highest BCUT2D eigenvalue weighted by Gasteiger charge is 2.54. The molecule has 6 rings (SSSR count). The number of nitrogens with zero attached hydrogens (tertiary/aromatic N) is 1. The molecule has 1 N–H and O–H groups in total. The molecule has 0 spiro atoms. The Kier molecular flexibility index (Phi) is 5.64. The van der Waals surface area contributed by atoms with E-state index in [1.165, 1.54) is 51.4 Å². The van der Waals surface area contributed by atoms with Crippen LogP contribution in [0, 0.1) is 29.1 Å². The van der Waals surface area contributed by atoms with Crippen molar-refractivity contribution < 1.29 is 9.59 Å². The van der Waals surface area contributed by atoms with Crippen molar-refractivity contribution in [1.29, 1.82) is 0 Å². The van der Waals surface area contributed by atoms with Crippen LogP contribution in [-0.2, 0) is 9.59 Å². The number of nitrogens with one attached hydrogen (secondary N) is 1. The molecule has 2 amide bonds. The summed E-state index contributed by atoms with van der Waals surface area (Å²) in [6.07, 6.45) is 18.0. The summed E-state index contributed by atoms with van der Waals surface area (Å²) in [4.78, 5) is 28.0. The molecule has 0 atom stereocenters. The molecule has 4 bridgehead atoms. The van der Waals surface area contributed by atoms with Gasteiger partial charge in [0, 0.05) is 31.0 Å². The maximum absolute atomic E-state index is 13.3. The van der Waals surface area contributed by atoms with Crippen LogP contribution in [0.1, 0.15) is 96.3 Å². The summed E-state index contributed by atoms with van der Waals surface area (Å²) in [5.74, 6) is 3.94. The van der Waals surface area contributed by atoms with Crippen LogP contribution in [0.2, 0.25) is 0 Å². The summed E-state index contributed by atoms with van der Waals surface area (Å²) >= 11 is 0. The number of carbonyl (C=O) groups excluding carboxylic acids is 2. The van der Waals surface area contributed by atoms with E-state index in [4.69, 9.17) is 0 Å². The second-order valence-electron chi connectivity index (χ2n) is 11.4. The Morgan fingerprint density at radius 3 is 2.00 bits per heavy atom. The highest BCUT2D eigenvalue weighted by atomic mass is 16.2. The molecule has 162 valence electrons. The van der Waals surface area contributed by atoms with E-state index in [1.807, 2.05) is 0 Å². The summed E-state index contributed by atoms with van der Waals surface area (Å²) in [6.45, 7) is 1.66. The predicted octanol–water partition coefficient (Wildman–Crippen LogP) is 4.67. The molecular formula is C25H40N2O2. The fraction of sp³-hybridized carbons (Fsp3) is 0.920. The molecule has 4 heteroatoms. The zero-order chi connectivity index (χ0) is 19.8. The first-order chi connectivity index (χ1) is 14.1. The van der Waals surface area contributed by atoms with Crippen LogP contribution in [0.15, 0.2) is 0 Å². The molecule has 5 saturated carbocycles. The Morgan fingerprint density at radius 2 is 1.41 bits per heavy atom. The van der Waals surface area contributed by atoms with Gasteiger partial charge in [0.1, 0.15) is 0 Å². The lowest BCUT2D eigenvalue weighted by Gasteiger charge is -2.56. The minimum Gasteiger partial charge on any atom is -0.353 e. The molecule has 1 heterocycles. The molecule has 6 fully saturated rings. The Hall–Kier alpha value is -1.06. The Bertz CT molecular complexity index is 581. The molecule has 1 saturated heterocycles. The first-order valence-electron chi connectivity index (χ1n) is 12.7. The average Bonchev–Trinajstić information content (AvgIpc) is 2.72. The average molecular weight is 401 g/mol. The molecule has 29 heavy (non-hydrogen) atoms. The van der Waals surface area contributed by atoms with Crippen LogP contribution < -0.4 is 5.32 Å². The van der Waals surface area contributed by atoms with E-state index in [2.05, 4.69) is 10.2 Å². The number of likely N-dealkylation sites (tertiary alicyclic amines) is 1. The molecule has 5 aliphatic carbocycles. The highest BCUT2D eigenvalue weighted by Crippen LogP contribution is 2.60. The number of piperidine rings is 1. The van der Waals surface area contributed by atoms with E-state index in [0.29, 0.717) is 11.8 Å². The van der Waals surface area contributed by atoms with Crippen LogP contribution in [-0.4, -0.2) is 35.8 Å². The lowest BCUT2D eigenvalue weighted by Crippen LogP contribution is -2.56. The quantitative estimate of drug-likeness (QED) is 0.729. The Balaban J connectivity index is 1.07. The van der Waals surface area contributed by atoms with Gasteiger partial charge < -0.3 is 10.2 Å². The van der Waals surface area contributed by atoms with Crippen LogP contribution in [0.5, 0.6) is 0 Å². The summed E-state index contributed by atoms with van der Waals surface area (Å²) in [5.41, 5.74) is -0.0400. The second-order valence-corrected chi connectivity index (χ2v) is 11.4. The SMILES string of the molecule is O=C(CCC1CCCCC1)N1CCC(NC(=O)C23CC4CC(CC(C4)C2)C3)CC1. The fourth-order valence-electron chi connectivity index (χ4n) is 7.96. The molecule has 1 aliphatic heterocycles. The van der Waals surface area contributed by atoms with Crippen molar-refractivity contribution in [3.05, 3.63) is 0 Å². The van der Waals surface area contributed by atoms with E-state index in [-0.39, 0.29) is 11.5 Å². The van der Waals surface area contributed by atoms with Gasteiger partial charge in [0.25, 0.3) is 0 Å². The number of carbonyl (C=O) groups is 2. The lowest BCUT2D eigenvalue weighted by atomic mass is 9.49. The summed E-state index contributed by atoms with van der Waals surface area (Å²) in [7, 11) is 0. The lowest BCUT2D eigenvalue weighted by molar-refractivity contribution is -0.147. The van der Waals surface area contributed by atoms with Gasteiger partial charge in [0.05, 0.1) is 0 Å². The maximum atomic E-state index is 13.3. The van der Waals surface area contributed by atoms with Crippen molar-refractivity contribution in [2.45, 2.75) is 102 Å². The summed E-state index contributed by atoms with van der Waals surface area (Å²) in [6, 6.07) is 0.276. The van der Waals surface area contributed by atoms with E-state index < -0.39 is 0 Å². The topological polar surface area (TPSA) is 49.4 Å². The van der Waals surface area contributed by atoms with Crippen molar-refractivity contribution in [1.82, 2.24) is 10.2 Å². The smallest absolute Gasteiger partial charge is 0.226 e. The van der Waals surface area contributed by atoms with Crippen molar-refractivity contribution in [2.75, 3.05) is 13.1 Å². The van der Waals surface area contributed by atoms with Crippen LogP contribution in [0.4, 0.5) is 0 Å². The van der Waals surface area contributed by atoms with Crippen LogP contribution in [0.3, 0.4) is 0 Å². The summed E-state index contributed by atoms with van der Waals surface area (Å²) < 4.78 is 0. The fourth-order valence-corrected chi connectivity index (χ4v) is 7.96. The van der Waals surface area contributed by atoms with Crippen molar-refractivity contribution >= 4 is 11.8 Å². The third kappa shape index (κ3) is 4.23. The van der Waals surface area contributed by atoms with Gasteiger partial charge in [-0.15, -0.1) is 0 Å². The van der Waals surface area contributed by atoms with E-state index in [9.17, 15) is 9.59 Å². The monoisotopic (exact) mass is 400 g/mol. The molecule has 6 aliphatic rings. The number of hydrogen-bond acceptors (Lipinski definition) is 2. The Morgan fingerprint density at radius 1 is 0.828 bits per heavy atom. The van der Waals surface area contributed by atoms with Gasteiger partial charge in [-0.3, -0.25) is 9.59 Å². The highest BCUT2D eigenvalue weighted by molar-refractivity contribution is 5.83. The first kappa shape index (κ1) is 19.9. The zero-order valence-corrected chi connectivity index (χ0v) is 18.2. The van der Waals surface area contributed by atoms with Gasteiger partial charge in [-0.25, -0.2) is 0 Å². The van der Waals surface area contributed by atoms with Gasteiger partial charge >= 0.3 is 0 Å².